The van der Waals surface area contributed by atoms with Crippen molar-refractivity contribution < 1.29 is 14.3 Å². The van der Waals surface area contributed by atoms with Gasteiger partial charge in [-0.3, -0.25) is 9.59 Å². The van der Waals surface area contributed by atoms with Gasteiger partial charge in [0.15, 0.2) is 0 Å². The van der Waals surface area contributed by atoms with Crippen LogP contribution < -0.4 is 16.4 Å². The zero-order valence-electron chi connectivity index (χ0n) is 9.69. The molecule has 6 nitrogen and oxygen atoms in total. The third-order valence-corrected chi connectivity index (χ3v) is 2.73. The van der Waals surface area contributed by atoms with Gasteiger partial charge in [0, 0.05) is 12.6 Å². The van der Waals surface area contributed by atoms with Crippen LogP contribution in [-0.2, 0) is 14.3 Å². The summed E-state index contributed by atoms with van der Waals surface area (Å²) in [6.07, 6.45) is 0.718. The monoisotopic (exact) mass is 259 g/mol. The van der Waals surface area contributed by atoms with Crippen LogP contribution in [-0.4, -0.2) is 42.6 Å². The zero-order chi connectivity index (χ0) is 12.8. The molecule has 1 rings (SSSR count). The molecule has 17 heavy (non-hydrogen) atoms. The average Bonchev–Trinajstić information content (AvgIpc) is 2.28. The van der Waals surface area contributed by atoms with Crippen molar-refractivity contribution in [3.05, 3.63) is 0 Å². The lowest BCUT2D eigenvalue weighted by atomic mass is 9.98. The van der Waals surface area contributed by atoms with Gasteiger partial charge in [-0.15, -0.1) is 0 Å². The molecular formula is C10H17N3O3S. The molecule has 0 aromatic carbocycles. The molecule has 1 saturated heterocycles. The van der Waals surface area contributed by atoms with Crippen LogP contribution in [0.15, 0.2) is 0 Å². The quantitative estimate of drug-likeness (QED) is 0.443. The summed E-state index contributed by atoms with van der Waals surface area (Å²) in [5, 5.41) is 5.01. The van der Waals surface area contributed by atoms with Crippen molar-refractivity contribution in [1.82, 2.24) is 10.6 Å². The van der Waals surface area contributed by atoms with E-state index in [9.17, 15) is 9.59 Å². The summed E-state index contributed by atoms with van der Waals surface area (Å²) in [6.45, 7) is 3.20. The van der Waals surface area contributed by atoms with Gasteiger partial charge in [-0.2, -0.15) is 0 Å². The highest BCUT2D eigenvalue weighted by Crippen LogP contribution is 2.13. The van der Waals surface area contributed by atoms with E-state index in [1.807, 2.05) is 6.92 Å². The number of hydrogen-bond donors (Lipinski definition) is 3. The number of thiocarbonyl (C=S) groups is 1. The number of carbonyl (C=O) groups is 2. The lowest BCUT2D eigenvalue weighted by molar-refractivity contribution is -0.140. The number of amides is 2. The van der Waals surface area contributed by atoms with Crippen LogP contribution in [0.25, 0.3) is 0 Å². The van der Waals surface area contributed by atoms with Crippen LogP contribution >= 0.6 is 12.2 Å². The van der Waals surface area contributed by atoms with E-state index in [2.05, 4.69) is 22.9 Å². The van der Waals surface area contributed by atoms with Crippen LogP contribution in [0.2, 0.25) is 0 Å². The SMILES string of the molecule is CC1COCCC1NC(=O)C(=O)NCC(N)=S. The van der Waals surface area contributed by atoms with E-state index < -0.39 is 11.8 Å². The van der Waals surface area contributed by atoms with Gasteiger partial charge in [0.2, 0.25) is 0 Å². The van der Waals surface area contributed by atoms with E-state index in [-0.39, 0.29) is 23.5 Å². The van der Waals surface area contributed by atoms with Gasteiger partial charge in [0.25, 0.3) is 0 Å². The van der Waals surface area contributed by atoms with Crippen LogP contribution in [0.3, 0.4) is 0 Å². The Balaban J connectivity index is 2.37. The minimum absolute atomic E-state index is 0.0215. The fourth-order valence-corrected chi connectivity index (χ4v) is 1.65. The number of rotatable bonds is 3. The second-order valence-electron chi connectivity index (χ2n) is 4.07. The van der Waals surface area contributed by atoms with Crippen molar-refractivity contribution in [1.29, 1.82) is 0 Å². The maximum Gasteiger partial charge on any atom is 0.309 e. The van der Waals surface area contributed by atoms with E-state index in [0.29, 0.717) is 13.2 Å². The highest BCUT2D eigenvalue weighted by molar-refractivity contribution is 7.80. The van der Waals surface area contributed by atoms with Gasteiger partial charge in [0.1, 0.15) is 0 Å². The molecule has 1 fully saturated rings. The van der Waals surface area contributed by atoms with E-state index in [1.165, 1.54) is 0 Å². The predicted molar refractivity (Wildman–Crippen MR) is 66.3 cm³/mol. The Labute approximate surface area is 105 Å². The Kier molecular flexibility index (Phi) is 5.30. The Bertz CT molecular complexity index is 322. The largest absolute Gasteiger partial charge is 0.392 e. The van der Waals surface area contributed by atoms with Crippen LogP contribution in [0.5, 0.6) is 0 Å². The van der Waals surface area contributed by atoms with Gasteiger partial charge in [-0.1, -0.05) is 19.1 Å². The minimum Gasteiger partial charge on any atom is -0.392 e. The van der Waals surface area contributed by atoms with Gasteiger partial charge in [-0.25, -0.2) is 0 Å². The molecule has 2 atom stereocenters. The topological polar surface area (TPSA) is 93.4 Å². The molecule has 0 saturated carbocycles. The highest BCUT2D eigenvalue weighted by atomic mass is 32.1. The van der Waals surface area contributed by atoms with Crippen molar-refractivity contribution >= 4 is 29.0 Å². The van der Waals surface area contributed by atoms with Gasteiger partial charge in [-0.05, 0) is 12.3 Å². The Morgan fingerprint density at radius 3 is 2.76 bits per heavy atom. The van der Waals surface area contributed by atoms with Crippen molar-refractivity contribution in [2.45, 2.75) is 19.4 Å². The summed E-state index contributed by atoms with van der Waals surface area (Å²) in [4.78, 5) is 23.0. The maximum atomic E-state index is 11.5. The summed E-state index contributed by atoms with van der Waals surface area (Å²) in [6, 6.07) is -0.0215. The molecule has 7 heteroatoms. The highest BCUT2D eigenvalue weighted by Gasteiger charge is 2.25. The fourth-order valence-electron chi connectivity index (χ4n) is 1.58. The van der Waals surface area contributed by atoms with Gasteiger partial charge >= 0.3 is 11.8 Å². The molecule has 0 aliphatic carbocycles. The Morgan fingerprint density at radius 1 is 1.47 bits per heavy atom. The van der Waals surface area contributed by atoms with Crippen LogP contribution in [0.1, 0.15) is 13.3 Å². The molecule has 0 aromatic rings. The first-order valence-electron chi connectivity index (χ1n) is 5.45. The van der Waals surface area contributed by atoms with Crippen LogP contribution in [0.4, 0.5) is 0 Å². The third-order valence-electron chi connectivity index (χ3n) is 2.59. The number of nitrogens with one attached hydrogen (secondary N) is 2. The fraction of sp³-hybridized carbons (Fsp3) is 0.700. The van der Waals surface area contributed by atoms with Crippen molar-refractivity contribution in [3.63, 3.8) is 0 Å². The number of hydrogen-bond acceptors (Lipinski definition) is 4. The number of carbonyl (C=O) groups excluding carboxylic acids is 2. The molecule has 0 bridgehead atoms. The number of nitrogens with two attached hydrogens (primary N) is 1. The summed E-state index contributed by atoms with van der Waals surface area (Å²) in [5.74, 6) is -1.16. The van der Waals surface area contributed by atoms with Crippen molar-refractivity contribution in [2.24, 2.45) is 11.7 Å². The molecule has 2 unspecified atom stereocenters. The summed E-state index contributed by atoms with van der Waals surface area (Å²) >= 11 is 4.60. The van der Waals surface area contributed by atoms with E-state index in [1.54, 1.807) is 0 Å². The summed E-state index contributed by atoms with van der Waals surface area (Å²) in [7, 11) is 0. The molecular weight excluding hydrogens is 242 g/mol. The normalized spacial score (nSPS) is 23.8. The molecule has 2 amide bonds. The first-order valence-corrected chi connectivity index (χ1v) is 5.86. The summed E-state index contributed by atoms with van der Waals surface area (Å²) in [5.41, 5.74) is 5.22. The molecule has 96 valence electrons. The summed E-state index contributed by atoms with van der Waals surface area (Å²) < 4.78 is 5.25. The van der Waals surface area contributed by atoms with Gasteiger partial charge < -0.3 is 21.1 Å². The van der Waals surface area contributed by atoms with Crippen LogP contribution in [0, 0.1) is 5.92 Å². The minimum atomic E-state index is -0.712. The zero-order valence-corrected chi connectivity index (χ0v) is 10.5. The second-order valence-corrected chi connectivity index (χ2v) is 4.59. The molecule has 0 radical (unpaired) electrons. The van der Waals surface area contributed by atoms with E-state index in [0.717, 1.165) is 6.42 Å². The number of ether oxygens (including phenoxy) is 1. The average molecular weight is 259 g/mol. The predicted octanol–water partition coefficient (Wildman–Crippen LogP) is -1.07. The Morgan fingerprint density at radius 2 is 2.18 bits per heavy atom. The maximum absolute atomic E-state index is 11.5. The van der Waals surface area contributed by atoms with Crippen molar-refractivity contribution in [3.8, 4) is 0 Å². The molecule has 1 heterocycles. The lowest BCUT2D eigenvalue weighted by Crippen LogP contribution is -2.50. The van der Waals surface area contributed by atoms with Crippen molar-refractivity contribution in [2.75, 3.05) is 19.8 Å². The first-order chi connectivity index (χ1) is 8.00. The third kappa shape index (κ3) is 4.66. The standard InChI is InChI=1S/C10H17N3O3S/c1-6-5-16-3-2-7(6)13-10(15)9(14)12-4-8(11)17/h6-7H,2-5H2,1H3,(H2,11,17)(H,12,14)(H,13,15). The molecule has 1 aliphatic rings. The molecule has 1 aliphatic heterocycles. The van der Waals surface area contributed by atoms with E-state index in [4.69, 9.17) is 10.5 Å². The lowest BCUT2D eigenvalue weighted by Gasteiger charge is -2.29. The molecule has 4 N–H and O–H groups in total. The first kappa shape index (κ1) is 13.9. The smallest absolute Gasteiger partial charge is 0.309 e. The molecule has 0 aromatic heterocycles. The Hall–Kier alpha value is -1.21. The van der Waals surface area contributed by atoms with Gasteiger partial charge in [0.05, 0.1) is 18.1 Å². The second kappa shape index (κ2) is 6.51. The molecule has 0 spiro atoms. The van der Waals surface area contributed by atoms with E-state index >= 15 is 0 Å².